The Balaban J connectivity index is 1.72. The average molecular weight is 264 g/mol. The van der Waals surface area contributed by atoms with E-state index in [-0.39, 0.29) is 5.69 Å². The molecule has 0 atom stereocenters. The molecule has 0 aliphatic carbocycles. The summed E-state index contributed by atoms with van der Waals surface area (Å²) >= 11 is 0. The Hall–Kier alpha value is -1.69. The van der Waals surface area contributed by atoms with E-state index in [9.17, 15) is 10.1 Å². The van der Waals surface area contributed by atoms with Crippen LogP contribution >= 0.6 is 0 Å². The van der Waals surface area contributed by atoms with E-state index in [0.29, 0.717) is 5.82 Å². The van der Waals surface area contributed by atoms with Gasteiger partial charge in [0.2, 0.25) is 0 Å². The number of rotatable bonds is 5. The normalized spacial score (nSPS) is 17.3. The summed E-state index contributed by atoms with van der Waals surface area (Å²) in [4.78, 5) is 16.5. The maximum atomic E-state index is 10.5. The molecule has 1 aromatic heterocycles. The number of anilines is 1. The fourth-order valence-corrected chi connectivity index (χ4v) is 2.35. The molecule has 6 heteroatoms. The van der Waals surface area contributed by atoms with Gasteiger partial charge in [-0.05, 0) is 51.4 Å². The predicted molar refractivity (Wildman–Crippen MR) is 74.2 cm³/mol. The van der Waals surface area contributed by atoms with Crippen molar-refractivity contribution >= 4 is 11.5 Å². The van der Waals surface area contributed by atoms with Gasteiger partial charge in [0.05, 0.1) is 4.92 Å². The number of hydrogen-bond acceptors (Lipinski definition) is 5. The molecule has 1 saturated heterocycles. The van der Waals surface area contributed by atoms with Gasteiger partial charge in [-0.1, -0.05) is 0 Å². The van der Waals surface area contributed by atoms with Crippen LogP contribution in [0.5, 0.6) is 0 Å². The minimum atomic E-state index is -0.435. The molecule has 19 heavy (non-hydrogen) atoms. The number of likely N-dealkylation sites (tertiary alicyclic amines) is 1. The summed E-state index contributed by atoms with van der Waals surface area (Å²) in [6.07, 6.45) is 4.93. The first-order valence-corrected chi connectivity index (χ1v) is 6.68. The summed E-state index contributed by atoms with van der Waals surface area (Å²) in [5, 5.41) is 13.7. The maximum absolute atomic E-state index is 10.5. The van der Waals surface area contributed by atoms with Crippen molar-refractivity contribution in [1.29, 1.82) is 0 Å². The van der Waals surface area contributed by atoms with Crippen LogP contribution in [0.25, 0.3) is 0 Å². The van der Waals surface area contributed by atoms with Crippen LogP contribution in [0.1, 0.15) is 19.3 Å². The molecule has 1 aromatic rings. The Bertz CT molecular complexity index is 413. The highest BCUT2D eigenvalue weighted by Gasteiger charge is 2.16. The van der Waals surface area contributed by atoms with E-state index in [4.69, 9.17) is 0 Å². The van der Waals surface area contributed by atoms with Crippen molar-refractivity contribution in [2.24, 2.45) is 5.92 Å². The molecule has 0 saturated carbocycles. The van der Waals surface area contributed by atoms with Crippen LogP contribution in [0.3, 0.4) is 0 Å². The molecular weight excluding hydrogens is 244 g/mol. The van der Waals surface area contributed by atoms with Gasteiger partial charge >= 0.3 is 0 Å². The fourth-order valence-electron chi connectivity index (χ4n) is 2.35. The van der Waals surface area contributed by atoms with Crippen molar-refractivity contribution in [2.45, 2.75) is 19.3 Å². The Labute approximate surface area is 113 Å². The van der Waals surface area contributed by atoms with Crippen molar-refractivity contribution in [1.82, 2.24) is 9.88 Å². The second-order valence-electron chi connectivity index (χ2n) is 5.12. The Morgan fingerprint density at radius 2 is 2.21 bits per heavy atom. The summed E-state index contributed by atoms with van der Waals surface area (Å²) in [6, 6.07) is 3.14. The topological polar surface area (TPSA) is 71.3 Å². The SMILES string of the molecule is CN1CCC(CCNc2ccc([N+](=O)[O-])cn2)CC1. The van der Waals surface area contributed by atoms with E-state index in [2.05, 4.69) is 22.2 Å². The van der Waals surface area contributed by atoms with E-state index in [1.165, 1.54) is 38.2 Å². The third-order valence-electron chi connectivity index (χ3n) is 3.66. The third kappa shape index (κ3) is 4.17. The summed E-state index contributed by atoms with van der Waals surface area (Å²) in [6.45, 7) is 3.24. The van der Waals surface area contributed by atoms with Crippen LogP contribution in [0.4, 0.5) is 11.5 Å². The maximum Gasteiger partial charge on any atom is 0.287 e. The molecule has 1 N–H and O–H groups in total. The van der Waals surface area contributed by atoms with Gasteiger partial charge in [-0.15, -0.1) is 0 Å². The molecule has 0 bridgehead atoms. The van der Waals surface area contributed by atoms with Crippen LogP contribution in [-0.4, -0.2) is 41.5 Å². The monoisotopic (exact) mass is 264 g/mol. The van der Waals surface area contributed by atoms with Gasteiger partial charge in [-0.25, -0.2) is 4.98 Å². The zero-order valence-electron chi connectivity index (χ0n) is 11.2. The van der Waals surface area contributed by atoms with Gasteiger partial charge in [-0.2, -0.15) is 0 Å². The quantitative estimate of drug-likeness (QED) is 0.651. The zero-order chi connectivity index (χ0) is 13.7. The van der Waals surface area contributed by atoms with Crippen molar-refractivity contribution in [3.8, 4) is 0 Å². The van der Waals surface area contributed by atoms with E-state index in [1.54, 1.807) is 6.07 Å². The first-order chi connectivity index (χ1) is 9.15. The van der Waals surface area contributed by atoms with Gasteiger partial charge in [0.25, 0.3) is 5.69 Å². The molecule has 6 nitrogen and oxygen atoms in total. The Kier molecular flexibility index (Phi) is 4.68. The largest absolute Gasteiger partial charge is 0.370 e. The summed E-state index contributed by atoms with van der Waals surface area (Å²) in [5.74, 6) is 1.49. The molecule has 0 amide bonds. The van der Waals surface area contributed by atoms with Crippen LogP contribution in [0.2, 0.25) is 0 Å². The lowest BCUT2D eigenvalue weighted by Crippen LogP contribution is -2.30. The van der Waals surface area contributed by atoms with Crippen LogP contribution in [0.15, 0.2) is 18.3 Å². The number of nitrogens with one attached hydrogen (secondary N) is 1. The average Bonchev–Trinajstić information content (AvgIpc) is 2.41. The number of piperidine rings is 1. The van der Waals surface area contributed by atoms with Gasteiger partial charge in [0, 0.05) is 12.6 Å². The van der Waals surface area contributed by atoms with Crippen LogP contribution in [0, 0.1) is 16.0 Å². The van der Waals surface area contributed by atoms with Gasteiger partial charge < -0.3 is 10.2 Å². The van der Waals surface area contributed by atoms with Crippen LogP contribution < -0.4 is 5.32 Å². The molecule has 2 rings (SSSR count). The lowest BCUT2D eigenvalue weighted by molar-refractivity contribution is -0.385. The Morgan fingerprint density at radius 3 is 2.79 bits per heavy atom. The minimum Gasteiger partial charge on any atom is -0.370 e. The lowest BCUT2D eigenvalue weighted by atomic mass is 9.94. The predicted octanol–water partition coefficient (Wildman–Crippen LogP) is 2.13. The van der Waals surface area contributed by atoms with E-state index in [1.807, 2.05) is 0 Å². The molecule has 0 aromatic carbocycles. The summed E-state index contributed by atoms with van der Waals surface area (Å²) in [7, 11) is 2.16. The highest BCUT2D eigenvalue weighted by Crippen LogP contribution is 2.19. The summed E-state index contributed by atoms with van der Waals surface area (Å²) < 4.78 is 0. The lowest BCUT2D eigenvalue weighted by Gasteiger charge is -2.28. The van der Waals surface area contributed by atoms with Crippen molar-refractivity contribution in [3.05, 3.63) is 28.4 Å². The summed E-state index contributed by atoms with van der Waals surface area (Å²) in [5.41, 5.74) is 0.0286. The highest BCUT2D eigenvalue weighted by atomic mass is 16.6. The second kappa shape index (κ2) is 6.47. The standard InChI is InChI=1S/C13H20N4O2/c1-16-8-5-11(6-9-16)4-7-14-13-3-2-12(10-15-13)17(18)19/h2-3,10-11H,4-9H2,1H3,(H,14,15). The van der Waals surface area contributed by atoms with Crippen LogP contribution in [-0.2, 0) is 0 Å². The van der Waals surface area contributed by atoms with Gasteiger partial charge in [-0.3, -0.25) is 10.1 Å². The van der Waals surface area contributed by atoms with E-state index < -0.39 is 4.92 Å². The molecule has 0 radical (unpaired) electrons. The molecule has 1 aliphatic heterocycles. The second-order valence-corrected chi connectivity index (χ2v) is 5.12. The number of pyridine rings is 1. The fraction of sp³-hybridized carbons (Fsp3) is 0.615. The molecule has 2 heterocycles. The minimum absolute atomic E-state index is 0.0286. The van der Waals surface area contributed by atoms with Crippen molar-refractivity contribution in [2.75, 3.05) is 32.0 Å². The molecule has 0 spiro atoms. The number of hydrogen-bond donors (Lipinski definition) is 1. The number of nitro groups is 1. The smallest absolute Gasteiger partial charge is 0.287 e. The number of nitrogens with zero attached hydrogens (tertiary/aromatic N) is 3. The molecular formula is C13H20N4O2. The third-order valence-corrected chi connectivity index (χ3v) is 3.66. The number of aromatic nitrogens is 1. The van der Waals surface area contributed by atoms with Gasteiger partial charge in [0.1, 0.15) is 12.0 Å². The highest BCUT2D eigenvalue weighted by molar-refractivity contribution is 5.39. The van der Waals surface area contributed by atoms with E-state index >= 15 is 0 Å². The van der Waals surface area contributed by atoms with Crippen molar-refractivity contribution in [3.63, 3.8) is 0 Å². The zero-order valence-corrected chi connectivity index (χ0v) is 11.2. The molecule has 0 unspecified atom stereocenters. The molecule has 1 aliphatic rings. The first-order valence-electron chi connectivity index (χ1n) is 6.68. The Morgan fingerprint density at radius 1 is 1.47 bits per heavy atom. The van der Waals surface area contributed by atoms with E-state index in [0.717, 1.165) is 18.9 Å². The first kappa shape index (κ1) is 13.7. The van der Waals surface area contributed by atoms with Crippen molar-refractivity contribution < 1.29 is 4.92 Å². The molecule has 104 valence electrons. The molecule has 1 fully saturated rings. The van der Waals surface area contributed by atoms with Gasteiger partial charge in [0.15, 0.2) is 0 Å².